The van der Waals surface area contributed by atoms with Crippen LogP contribution < -0.4 is 0 Å². The number of hydrogen-bond donors (Lipinski definition) is 1. The summed E-state index contributed by atoms with van der Waals surface area (Å²) in [5, 5.41) is 8.91. The van der Waals surface area contributed by atoms with E-state index in [1.807, 2.05) is 0 Å². The minimum Gasteiger partial charge on any atom is -0.480 e. The fraction of sp³-hybridized carbons (Fsp3) is 0.300. The van der Waals surface area contributed by atoms with Crippen molar-refractivity contribution in [3.05, 3.63) is 28.8 Å². The molecule has 7 heteroatoms. The maximum Gasteiger partial charge on any atom is 0.318 e. The minimum absolute atomic E-state index is 0.0220. The first-order valence-electron chi connectivity index (χ1n) is 4.70. The summed E-state index contributed by atoms with van der Waals surface area (Å²) < 4.78 is 24.9. The second kappa shape index (κ2) is 5.03. The van der Waals surface area contributed by atoms with Crippen LogP contribution in [0, 0.1) is 6.92 Å². The topological polar surface area (TPSA) is 74.7 Å². The van der Waals surface area contributed by atoms with Crippen molar-refractivity contribution in [3.8, 4) is 0 Å². The molecule has 0 aliphatic rings. The third kappa shape index (κ3) is 2.96. The zero-order chi connectivity index (χ0) is 13.2. The third-order valence-corrected chi connectivity index (χ3v) is 4.62. The molecule has 0 spiro atoms. The number of benzene rings is 1. The van der Waals surface area contributed by atoms with Crippen LogP contribution in [0.4, 0.5) is 0 Å². The molecule has 17 heavy (non-hydrogen) atoms. The van der Waals surface area contributed by atoms with E-state index >= 15 is 0 Å². The number of likely N-dealkylation sites (N-methyl/N-ethyl adjacent to an activating group) is 1. The van der Waals surface area contributed by atoms with Gasteiger partial charge in [0.1, 0.15) is 6.54 Å². The van der Waals surface area contributed by atoms with Crippen LogP contribution in [0.15, 0.2) is 23.1 Å². The highest BCUT2D eigenvalue weighted by molar-refractivity contribution is 7.89. The number of halogens is 1. The largest absolute Gasteiger partial charge is 0.480 e. The van der Waals surface area contributed by atoms with Crippen LogP contribution in [0.3, 0.4) is 0 Å². The van der Waals surface area contributed by atoms with Crippen LogP contribution in [0.5, 0.6) is 0 Å². The molecule has 0 unspecified atom stereocenters. The van der Waals surface area contributed by atoms with Gasteiger partial charge >= 0.3 is 5.97 Å². The van der Waals surface area contributed by atoms with Crippen LogP contribution >= 0.6 is 11.6 Å². The van der Waals surface area contributed by atoms with Crippen molar-refractivity contribution < 1.29 is 18.3 Å². The van der Waals surface area contributed by atoms with Gasteiger partial charge in [-0.3, -0.25) is 4.79 Å². The van der Waals surface area contributed by atoms with Gasteiger partial charge in [-0.1, -0.05) is 17.7 Å². The first-order valence-corrected chi connectivity index (χ1v) is 6.52. The Hall–Kier alpha value is -1.11. The van der Waals surface area contributed by atoms with Gasteiger partial charge in [-0.05, 0) is 24.6 Å². The Morgan fingerprint density at radius 3 is 2.59 bits per heavy atom. The lowest BCUT2D eigenvalue weighted by Gasteiger charge is -2.16. The van der Waals surface area contributed by atoms with Crippen molar-refractivity contribution in [1.82, 2.24) is 4.31 Å². The van der Waals surface area contributed by atoms with Crippen LogP contribution in [0.2, 0.25) is 5.02 Å². The van der Waals surface area contributed by atoms with Crippen LogP contribution in [0.1, 0.15) is 5.56 Å². The number of hydrogen-bond acceptors (Lipinski definition) is 3. The zero-order valence-electron chi connectivity index (χ0n) is 9.34. The number of sulfonamides is 1. The summed E-state index contributed by atoms with van der Waals surface area (Å²) in [7, 11) is -2.61. The van der Waals surface area contributed by atoms with E-state index in [9.17, 15) is 13.2 Å². The molecule has 0 radical (unpaired) electrons. The number of nitrogens with zero attached hydrogens (tertiary/aromatic N) is 1. The fourth-order valence-corrected chi connectivity index (χ4v) is 2.90. The summed E-state index contributed by atoms with van der Waals surface area (Å²) in [6.45, 7) is 0.984. The summed E-state index contributed by atoms with van der Waals surface area (Å²) in [6, 6.07) is 4.48. The van der Waals surface area contributed by atoms with Crippen molar-refractivity contribution in [2.75, 3.05) is 13.6 Å². The van der Waals surface area contributed by atoms with E-state index in [0.29, 0.717) is 10.6 Å². The van der Waals surface area contributed by atoms with Crippen molar-refractivity contribution in [1.29, 1.82) is 0 Å². The SMILES string of the molecule is Cc1c(Cl)cccc1S(=O)(=O)N(C)CC(=O)O. The quantitative estimate of drug-likeness (QED) is 0.901. The van der Waals surface area contributed by atoms with Crippen molar-refractivity contribution in [2.45, 2.75) is 11.8 Å². The smallest absolute Gasteiger partial charge is 0.318 e. The predicted octanol–water partition coefficient (Wildman–Crippen LogP) is 1.35. The van der Waals surface area contributed by atoms with Crippen molar-refractivity contribution >= 4 is 27.6 Å². The standard InChI is InChI=1S/C10H12ClNO4S/c1-7-8(11)4-3-5-9(7)17(15,16)12(2)6-10(13)14/h3-5H,6H2,1-2H3,(H,13,14). The lowest BCUT2D eigenvalue weighted by atomic mass is 10.2. The number of carbonyl (C=O) groups is 1. The maximum atomic E-state index is 12.0. The van der Waals surface area contributed by atoms with E-state index < -0.39 is 22.5 Å². The lowest BCUT2D eigenvalue weighted by Crippen LogP contribution is -2.32. The van der Waals surface area contributed by atoms with Crippen molar-refractivity contribution in [3.63, 3.8) is 0 Å². The molecule has 0 heterocycles. The molecule has 0 saturated heterocycles. The number of aliphatic carboxylic acids is 1. The molecule has 0 aliphatic heterocycles. The molecular formula is C10H12ClNO4S. The molecule has 1 aromatic rings. The molecule has 0 atom stereocenters. The Morgan fingerprint density at radius 2 is 2.06 bits per heavy atom. The van der Waals surface area contributed by atoms with Crippen LogP contribution in [-0.2, 0) is 14.8 Å². The fourth-order valence-electron chi connectivity index (χ4n) is 1.31. The van der Waals surface area contributed by atoms with Gasteiger partial charge in [-0.2, -0.15) is 4.31 Å². The summed E-state index contributed by atoms with van der Waals surface area (Å²) >= 11 is 5.83. The second-order valence-corrected chi connectivity index (χ2v) is 5.94. The Labute approximate surface area is 105 Å². The number of rotatable bonds is 4. The Morgan fingerprint density at radius 1 is 1.47 bits per heavy atom. The molecule has 0 amide bonds. The van der Waals surface area contributed by atoms with E-state index in [4.69, 9.17) is 16.7 Å². The molecule has 0 fully saturated rings. The van der Waals surface area contributed by atoms with Crippen molar-refractivity contribution in [2.24, 2.45) is 0 Å². The van der Waals surface area contributed by atoms with E-state index in [0.717, 1.165) is 4.31 Å². The Balaban J connectivity index is 3.22. The normalized spacial score (nSPS) is 11.8. The van der Waals surface area contributed by atoms with Gasteiger partial charge in [0.2, 0.25) is 10.0 Å². The molecule has 1 N–H and O–H groups in total. The molecule has 0 bridgehead atoms. The number of carboxylic acid groups (broad SMARTS) is 1. The summed E-state index contributed by atoms with van der Waals surface area (Å²) in [4.78, 5) is 10.5. The van der Waals surface area contributed by atoms with Gasteiger partial charge in [0.25, 0.3) is 0 Å². The summed E-state index contributed by atoms with van der Waals surface area (Å²) in [6.07, 6.45) is 0. The Bertz CT molecular complexity index is 541. The molecule has 0 saturated carbocycles. The lowest BCUT2D eigenvalue weighted by molar-refractivity contribution is -0.137. The van der Waals surface area contributed by atoms with Gasteiger partial charge in [0, 0.05) is 12.1 Å². The summed E-state index contributed by atoms with van der Waals surface area (Å²) in [5.41, 5.74) is 0.409. The Kier molecular flexibility index (Phi) is 4.13. The molecule has 1 aromatic carbocycles. The van der Waals surface area contributed by atoms with Gasteiger partial charge in [0.15, 0.2) is 0 Å². The minimum atomic E-state index is -3.82. The molecular weight excluding hydrogens is 266 g/mol. The highest BCUT2D eigenvalue weighted by Gasteiger charge is 2.24. The van der Waals surface area contributed by atoms with E-state index in [2.05, 4.69) is 0 Å². The average molecular weight is 278 g/mol. The monoisotopic (exact) mass is 277 g/mol. The molecule has 1 rings (SSSR count). The second-order valence-electron chi connectivity index (χ2n) is 3.52. The number of carboxylic acids is 1. The average Bonchev–Trinajstić information content (AvgIpc) is 2.20. The van der Waals surface area contributed by atoms with E-state index in [1.165, 1.54) is 19.2 Å². The van der Waals surface area contributed by atoms with E-state index in [-0.39, 0.29) is 4.90 Å². The molecule has 0 aromatic heterocycles. The van der Waals surface area contributed by atoms with Crippen LogP contribution in [-0.4, -0.2) is 37.4 Å². The van der Waals surface area contributed by atoms with Gasteiger partial charge in [-0.15, -0.1) is 0 Å². The first-order chi connectivity index (χ1) is 7.76. The maximum absolute atomic E-state index is 12.0. The molecule has 5 nitrogen and oxygen atoms in total. The predicted molar refractivity (Wildman–Crippen MR) is 63.6 cm³/mol. The van der Waals surface area contributed by atoms with Gasteiger partial charge in [0.05, 0.1) is 4.90 Å². The highest BCUT2D eigenvalue weighted by Crippen LogP contribution is 2.24. The highest BCUT2D eigenvalue weighted by atomic mass is 35.5. The van der Waals surface area contributed by atoms with Crippen LogP contribution in [0.25, 0.3) is 0 Å². The zero-order valence-corrected chi connectivity index (χ0v) is 10.9. The summed E-state index contributed by atoms with van der Waals surface area (Å²) in [5.74, 6) is -1.21. The third-order valence-electron chi connectivity index (χ3n) is 2.26. The van der Waals surface area contributed by atoms with E-state index in [1.54, 1.807) is 13.0 Å². The van der Waals surface area contributed by atoms with Gasteiger partial charge in [-0.25, -0.2) is 8.42 Å². The molecule has 0 aliphatic carbocycles. The first kappa shape index (κ1) is 14.0. The van der Waals surface area contributed by atoms with Gasteiger partial charge < -0.3 is 5.11 Å². The molecule has 94 valence electrons.